The van der Waals surface area contributed by atoms with Gasteiger partial charge in [-0.1, -0.05) is 24.3 Å². The van der Waals surface area contributed by atoms with Crippen LogP contribution in [0.3, 0.4) is 0 Å². The number of hydrazine groups is 1. The molecule has 0 radical (unpaired) electrons. The van der Waals surface area contributed by atoms with Crippen LogP contribution in [0.25, 0.3) is 0 Å². The maximum absolute atomic E-state index is 12.2. The summed E-state index contributed by atoms with van der Waals surface area (Å²) in [7, 11) is 0. The highest BCUT2D eigenvalue weighted by Crippen LogP contribution is 2.09. The molecule has 0 bridgehead atoms. The molecule has 2 aromatic carbocycles. The van der Waals surface area contributed by atoms with Gasteiger partial charge in [0.2, 0.25) is 0 Å². The largest absolute Gasteiger partial charge is 0.336 e. The number of anilines is 1. The van der Waals surface area contributed by atoms with Crippen LogP contribution in [-0.2, 0) is 6.54 Å². The summed E-state index contributed by atoms with van der Waals surface area (Å²) in [6.07, 6.45) is 0. The molecule has 7 nitrogen and oxygen atoms in total. The van der Waals surface area contributed by atoms with Crippen LogP contribution in [0.4, 0.5) is 10.5 Å². The summed E-state index contributed by atoms with van der Waals surface area (Å²) in [6, 6.07) is 14.5. The van der Waals surface area contributed by atoms with E-state index in [1.807, 2.05) is 45.0 Å². The van der Waals surface area contributed by atoms with Gasteiger partial charge in [0.15, 0.2) is 5.11 Å². The molecule has 2 rings (SSSR count). The summed E-state index contributed by atoms with van der Waals surface area (Å²) in [5, 5.41) is 8.79. The van der Waals surface area contributed by atoms with E-state index in [0.29, 0.717) is 12.1 Å². The van der Waals surface area contributed by atoms with Gasteiger partial charge in [0, 0.05) is 23.8 Å². The number of urea groups is 1. The zero-order valence-corrected chi connectivity index (χ0v) is 16.9. The van der Waals surface area contributed by atoms with E-state index in [2.05, 4.69) is 26.8 Å². The molecule has 8 heteroatoms. The Labute approximate surface area is 170 Å². The van der Waals surface area contributed by atoms with E-state index in [9.17, 15) is 9.59 Å². The van der Waals surface area contributed by atoms with Gasteiger partial charge >= 0.3 is 6.03 Å². The Morgan fingerprint density at radius 1 is 1.04 bits per heavy atom. The first-order chi connectivity index (χ1) is 13.3. The first-order valence-electron chi connectivity index (χ1n) is 8.91. The van der Waals surface area contributed by atoms with E-state index in [1.54, 1.807) is 24.3 Å². The smallest absolute Gasteiger partial charge is 0.315 e. The Morgan fingerprint density at radius 3 is 2.39 bits per heavy atom. The van der Waals surface area contributed by atoms with Gasteiger partial charge < -0.3 is 16.0 Å². The molecule has 0 saturated heterocycles. The first kappa shape index (κ1) is 21.2. The maximum atomic E-state index is 12.2. The molecular formula is C20H25N5O2S. The standard InChI is InChI=1S/C20H25N5O2S/c1-13(2)22-19(27)21-12-15-7-9-16(10-8-15)18(26)24-25-20(28)23-17-6-4-5-14(3)11-17/h4-11,13H,12H2,1-3H3,(H,24,26)(H2,21,22,27)(H2,23,25,28). The van der Waals surface area contributed by atoms with Crippen LogP contribution < -0.4 is 26.8 Å². The van der Waals surface area contributed by atoms with Crippen LogP contribution in [-0.4, -0.2) is 23.1 Å². The zero-order valence-electron chi connectivity index (χ0n) is 16.1. The molecule has 28 heavy (non-hydrogen) atoms. The van der Waals surface area contributed by atoms with Gasteiger partial charge in [-0.2, -0.15) is 0 Å². The maximum Gasteiger partial charge on any atom is 0.315 e. The summed E-state index contributed by atoms with van der Waals surface area (Å²) < 4.78 is 0. The van der Waals surface area contributed by atoms with Crippen molar-refractivity contribution in [1.82, 2.24) is 21.5 Å². The Kier molecular flexibility index (Phi) is 7.76. The van der Waals surface area contributed by atoms with E-state index in [-0.39, 0.29) is 23.1 Å². The number of thiocarbonyl (C=S) groups is 1. The molecule has 0 aromatic heterocycles. The quantitative estimate of drug-likeness (QED) is 0.394. The summed E-state index contributed by atoms with van der Waals surface area (Å²) in [6.45, 7) is 6.15. The van der Waals surface area contributed by atoms with Crippen molar-refractivity contribution in [2.24, 2.45) is 0 Å². The van der Waals surface area contributed by atoms with E-state index >= 15 is 0 Å². The number of rotatable bonds is 5. The second-order valence-electron chi connectivity index (χ2n) is 6.58. The van der Waals surface area contributed by atoms with Crippen LogP contribution >= 0.6 is 12.2 Å². The van der Waals surface area contributed by atoms with Gasteiger partial charge in [-0.15, -0.1) is 0 Å². The Hall–Kier alpha value is -3.13. The van der Waals surface area contributed by atoms with E-state index in [4.69, 9.17) is 12.2 Å². The third-order valence-electron chi connectivity index (χ3n) is 3.65. The van der Waals surface area contributed by atoms with Crippen LogP contribution in [0, 0.1) is 6.92 Å². The molecule has 0 aliphatic carbocycles. The molecule has 2 aromatic rings. The van der Waals surface area contributed by atoms with Crippen molar-refractivity contribution in [2.45, 2.75) is 33.4 Å². The van der Waals surface area contributed by atoms with Crippen molar-refractivity contribution in [3.8, 4) is 0 Å². The van der Waals surface area contributed by atoms with Gasteiger partial charge in [0.05, 0.1) is 0 Å². The average molecular weight is 400 g/mol. The number of hydrogen-bond donors (Lipinski definition) is 5. The molecule has 0 aliphatic heterocycles. The minimum atomic E-state index is -0.314. The van der Waals surface area contributed by atoms with Crippen molar-refractivity contribution < 1.29 is 9.59 Å². The third-order valence-corrected chi connectivity index (χ3v) is 3.86. The molecular weight excluding hydrogens is 374 g/mol. The van der Waals surface area contributed by atoms with Crippen molar-refractivity contribution >= 4 is 35.0 Å². The number of benzene rings is 2. The lowest BCUT2D eigenvalue weighted by atomic mass is 10.1. The van der Waals surface area contributed by atoms with Crippen molar-refractivity contribution in [3.05, 3.63) is 65.2 Å². The van der Waals surface area contributed by atoms with E-state index in [0.717, 1.165) is 16.8 Å². The lowest BCUT2D eigenvalue weighted by Gasteiger charge is -2.12. The molecule has 0 atom stereocenters. The minimum absolute atomic E-state index is 0.0741. The van der Waals surface area contributed by atoms with E-state index < -0.39 is 0 Å². The number of amides is 3. The Morgan fingerprint density at radius 2 is 1.75 bits per heavy atom. The third kappa shape index (κ3) is 7.24. The predicted octanol–water partition coefficient (Wildman–Crippen LogP) is 2.83. The Bertz CT molecular complexity index is 837. The number of carbonyl (C=O) groups is 2. The normalized spacial score (nSPS) is 10.1. The SMILES string of the molecule is Cc1cccc(NC(=S)NNC(=O)c2ccc(CNC(=O)NC(C)C)cc2)c1. The van der Waals surface area contributed by atoms with Gasteiger partial charge in [-0.3, -0.25) is 15.6 Å². The zero-order chi connectivity index (χ0) is 20.5. The molecule has 148 valence electrons. The van der Waals surface area contributed by atoms with Crippen molar-refractivity contribution in [3.63, 3.8) is 0 Å². The fourth-order valence-corrected chi connectivity index (χ4v) is 2.51. The molecule has 5 N–H and O–H groups in total. The van der Waals surface area contributed by atoms with Crippen LogP contribution in [0.15, 0.2) is 48.5 Å². The molecule has 0 saturated carbocycles. The van der Waals surface area contributed by atoms with Gasteiger partial charge in [-0.25, -0.2) is 4.79 Å². The lowest BCUT2D eigenvalue weighted by Crippen LogP contribution is -2.43. The monoisotopic (exact) mass is 399 g/mol. The molecule has 0 spiro atoms. The van der Waals surface area contributed by atoms with Crippen molar-refractivity contribution in [2.75, 3.05) is 5.32 Å². The lowest BCUT2D eigenvalue weighted by molar-refractivity contribution is 0.0944. The highest BCUT2D eigenvalue weighted by atomic mass is 32.1. The molecule has 3 amide bonds. The molecule has 0 unspecified atom stereocenters. The number of aryl methyl sites for hydroxylation is 1. The fourth-order valence-electron chi connectivity index (χ4n) is 2.34. The molecule has 0 heterocycles. The van der Waals surface area contributed by atoms with Gasteiger partial charge in [0.1, 0.15) is 0 Å². The Balaban J connectivity index is 1.79. The van der Waals surface area contributed by atoms with Crippen LogP contribution in [0.5, 0.6) is 0 Å². The van der Waals surface area contributed by atoms with Crippen molar-refractivity contribution in [1.29, 1.82) is 0 Å². The number of hydrogen-bond acceptors (Lipinski definition) is 3. The highest BCUT2D eigenvalue weighted by Gasteiger charge is 2.07. The van der Waals surface area contributed by atoms with Crippen LogP contribution in [0.2, 0.25) is 0 Å². The highest BCUT2D eigenvalue weighted by molar-refractivity contribution is 7.80. The fraction of sp³-hybridized carbons (Fsp3) is 0.250. The molecule has 0 aliphatic rings. The minimum Gasteiger partial charge on any atom is -0.336 e. The number of nitrogens with one attached hydrogen (secondary N) is 5. The summed E-state index contributed by atoms with van der Waals surface area (Å²) in [5.41, 5.74) is 8.53. The second kappa shape index (κ2) is 10.3. The summed E-state index contributed by atoms with van der Waals surface area (Å²) in [4.78, 5) is 23.8. The summed E-state index contributed by atoms with van der Waals surface area (Å²) >= 11 is 5.17. The van der Waals surface area contributed by atoms with Crippen LogP contribution in [0.1, 0.15) is 35.3 Å². The van der Waals surface area contributed by atoms with Gasteiger partial charge in [0.25, 0.3) is 5.91 Å². The summed E-state index contributed by atoms with van der Waals surface area (Å²) in [5.74, 6) is -0.314. The number of carbonyl (C=O) groups excluding carboxylic acids is 2. The topological polar surface area (TPSA) is 94.3 Å². The average Bonchev–Trinajstić information content (AvgIpc) is 2.64. The van der Waals surface area contributed by atoms with Gasteiger partial charge in [-0.05, 0) is 68.4 Å². The second-order valence-corrected chi connectivity index (χ2v) is 6.99. The van der Waals surface area contributed by atoms with E-state index in [1.165, 1.54) is 0 Å². The first-order valence-corrected chi connectivity index (χ1v) is 9.31. The predicted molar refractivity (Wildman–Crippen MR) is 115 cm³/mol. The molecule has 0 fully saturated rings.